The molecule has 0 spiro atoms. The van der Waals surface area contributed by atoms with Crippen molar-refractivity contribution in [2.24, 2.45) is 5.73 Å². The van der Waals surface area contributed by atoms with Crippen LogP contribution in [0.2, 0.25) is 0 Å². The monoisotopic (exact) mass is 258 g/mol. The Hall–Kier alpha value is -0.750. The van der Waals surface area contributed by atoms with Crippen LogP contribution >= 0.6 is 11.8 Å². The molecule has 2 rings (SSSR count). The van der Waals surface area contributed by atoms with Gasteiger partial charge in [0.15, 0.2) is 0 Å². The van der Waals surface area contributed by atoms with Crippen molar-refractivity contribution >= 4 is 23.6 Å². The summed E-state index contributed by atoms with van der Waals surface area (Å²) in [6, 6.07) is -0.719. The predicted octanol–water partition coefficient (Wildman–Crippen LogP) is 0.632. The Balaban J connectivity index is 2.19. The number of carbonyl (C=O) groups is 2. The maximum atomic E-state index is 12.4. The van der Waals surface area contributed by atoms with Gasteiger partial charge in [-0.05, 0) is 19.8 Å². The van der Waals surface area contributed by atoms with Gasteiger partial charge >= 0.3 is 5.97 Å². The fraction of sp³-hybridized carbons (Fsp3) is 0.818. The molecule has 1 amide bonds. The minimum absolute atomic E-state index is 0.0929. The van der Waals surface area contributed by atoms with Crippen LogP contribution < -0.4 is 5.73 Å². The van der Waals surface area contributed by atoms with Gasteiger partial charge in [0, 0.05) is 5.75 Å². The summed E-state index contributed by atoms with van der Waals surface area (Å²) in [5, 5.41) is 9.04. The van der Waals surface area contributed by atoms with Crippen LogP contribution in [0, 0.1) is 0 Å². The molecule has 1 saturated heterocycles. The van der Waals surface area contributed by atoms with Crippen LogP contribution in [0.15, 0.2) is 0 Å². The smallest absolute Gasteiger partial charge is 0.327 e. The summed E-state index contributed by atoms with van der Waals surface area (Å²) in [6.07, 6.45) is 3.25. The van der Waals surface area contributed by atoms with Crippen molar-refractivity contribution in [1.82, 2.24) is 4.90 Å². The lowest BCUT2D eigenvalue weighted by Crippen LogP contribution is -2.58. The van der Waals surface area contributed by atoms with Gasteiger partial charge in [0.25, 0.3) is 0 Å². The third-order valence-corrected chi connectivity index (χ3v) is 4.88. The molecule has 96 valence electrons. The molecule has 1 aliphatic heterocycles. The molecule has 1 heterocycles. The SMILES string of the molecule is CC1SCC(C(=O)O)N1C(=O)C1(N)CCCC1. The Morgan fingerprint density at radius 1 is 1.41 bits per heavy atom. The van der Waals surface area contributed by atoms with Gasteiger partial charge in [-0.15, -0.1) is 11.8 Å². The van der Waals surface area contributed by atoms with Crippen molar-refractivity contribution in [3.63, 3.8) is 0 Å². The lowest BCUT2D eigenvalue weighted by molar-refractivity contribution is -0.151. The lowest BCUT2D eigenvalue weighted by atomic mass is 9.96. The van der Waals surface area contributed by atoms with Gasteiger partial charge in [-0.1, -0.05) is 12.8 Å². The Bertz CT molecular complexity index is 342. The second kappa shape index (κ2) is 4.49. The fourth-order valence-corrected chi connectivity index (χ4v) is 3.79. The Morgan fingerprint density at radius 2 is 2.00 bits per heavy atom. The maximum Gasteiger partial charge on any atom is 0.327 e. The summed E-state index contributed by atoms with van der Waals surface area (Å²) in [5.41, 5.74) is 5.29. The Kier molecular flexibility index (Phi) is 3.36. The summed E-state index contributed by atoms with van der Waals surface area (Å²) in [4.78, 5) is 25.0. The number of carbonyl (C=O) groups excluding carboxylic acids is 1. The van der Waals surface area contributed by atoms with E-state index in [4.69, 9.17) is 10.8 Å². The average molecular weight is 258 g/mol. The van der Waals surface area contributed by atoms with Gasteiger partial charge in [0.2, 0.25) is 5.91 Å². The quantitative estimate of drug-likeness (QED) is 0.759. The molecule has 2 atom stereocenters. The first kappa shape index (κ1) is 12.7. The van der Waals surface area contributed by atoms with E-state index in [0.29, 0.717) is 18.6 Å². The van der Waals surface area contributed by atoms with Gasteiger partial charge in [0.05, 0.1) is 10.9 Å². The van der Waals surface area contributed by atoms with Crippen LogP contribution in [0.5, 0.6) is 0 Å². The first-order valence-electron chi connectivity index (χ1n) is 5.92. The third-order valence-electron chi connectivity index (χ3n) is 3.66. The molecule has 17 heavy (non-hydrogen) atoms. The molecule has 0 aromatic rings. The molecule has 5 nitrogen and oxygen atoms in total. The van der Waals surface area contributed by atoms with E-state index in [-0.39, 0.29) is 11.3 Å². The van der Waals surface area contributed by atoms with Crippen molar-refractivity contribution in [2.75, 3.05) is 5.75 Å². The van der Waals surface area contributed by atoms with Gasteiger partial charge in [-0.3, -0.25) is 4.79 Å². The molecular weight excluding hydrogens is 240 g/mol. The molecule has 1 saturated carbocycles. The number of carboxylic acids is 1. The first-order chi connectivity index (χ1) is 7.96. The zero-order valence-corrected chi connectivity index (χ0v) is 10.7. The number of rotatable bonds is 2. The highest BCUT2D eigenvalue weighted by atomic mass is 32.2. The van der Waals surface area contributed by atoms with Crippen molar-refractivity contribution in [3.8, 4) is 0 Å². The van der Waals surface area contributed by atoms with Crippen LogP contribution in [0.1, 0.15) is 32.6 Å². The van der Waals surface area contributed by atoms with Crippen LogP contribution in [-0.2, 0) is 9.59 Å². The van der Waals surface area contributed by atoms with Gasteiger partial charge in [-0.25, -0.2) is 4.79 Å². The van der Waals surface area contributed by atoms with E-state index < -0.39 is 17.6 Å². The largest absolute Gasteiger partial charge is 0.480 e. The van der Waals surface area contributed by atoms with Crippen molar-refractivity contribution in [1.29, 1.82) is 0 Å². The summed E-state index contributed by atoms with van der Waals surface area (Å²) >= 11 is 1.50. The molecule has 1 aliphatic carbocycles. The van der Waals surface area contributed by atoms with Crippen LogP contribution in [-0.4, -0.2) is 44.6 Å². The standard InChI is InChI=1S/C11H18N2O3S/c1-7-13(8(6-17-7)9(14)15)10(16)11(12)4-2-3-5-11/h7-8H,2-6,12H2,1H3,(H,14,15). The number of nitrogens with two attached hydrogens (primary N) is 1. The number of nitrogens with zero attached hydrogens (tertiary/aromatic N) is 1. The van der Waals surface area contributed by atoms with Gasteiger partial charge in [0.1, 0.15) is 6.04 Å². The maximum absolute atomic E-state index is 12.4. The minimum Gasteiger partial charge on any atom is -0.480 e. The molecule has 6 heteroatoms. The molecule has 0 radical (unpaired) electrons. The van der Waals surface area contributed by atoms with E-state index in [0.717, 1.165) is 12.8 Å². The van der Waals surface area contributed by atoms with E-state index in [2.05, 4.69) is 0 Å². The normalized spacial score (nSPS) is 31.8. The molecule has 0 bridgehead atoms. The van der Waals surface area contributed by atoms with E-state index in [1.54, 1.807) is 0 Å². The number of amides is 1. The van der Waals surface area contributed by atoms with Crippen LogP contribution in [0.3, 0.4) is 0 Å². The van der Waals surface area contributed by atoms with E-state index >= 15 is 0 Å². The molecule has 0 aromatic carbocycles. The number of thioether (sulfide) groups is 1. The second-order valence-electron chi connectivity index (χ2n) is 4.86. The van der Waals surface area contributed by atoms with E-state index in [1.165, 1.54) is 16.7 Å². The summed E-state index contributed by atoms with van der Waals surface area (Å²) < 4.78 is 0. The second-order valence-corrected chi connectivity index (χ2v) is 6.21. The number of hydrogen-bond donors (Lipinski definition) is 2. The zero-order chi connectivity index (χ0) is 12.6. The topological polar surface area (TPSA) is 83.6 Å². The molecule has 3 N–H and O–H groups in total. The average Bonchev–Trinajstić information content (AvgIpc) is 2.85. The zero-order valence-electron chi connectivity index (χ0n) is 9.89. The van der Waals surface area contributed by atoms with E-state index in [1.807, 2.05) is 6.92 Å². The van der Waals surface area contributed by atoms with Crippen molar-refractivity contribution in [2.45, 2.75) is 49.6 Å². The predicted molar refractivity (Wildman–Crippen MR) is 65.6 cm³/mol. The molecule has 2 fully saturated rings. The van der Waals surface area contributed by atoms with Crippen molar-refractivity contribution in [3.05, 3.63) is 0 Å². The fourth-order valence-electron chi connectivity index (χ4n) is 2.62. The lowest BCUT2D eigenvalue weighted by Gasteiger charge is -2.33. The van der Waals surface area contributed by atoms with Gasteiger partial charge in [-0.2, -0.15) is 0 Å². The van der Waals surface area contributed by atoms with Crippen LogP contribution in [0.4, 0.5) is 0 Å². The first-order valence-corrected chi connectivity index (χ1v) is 6.97. The third kappa shape index (κ3) is 2.15. The molecule has 2 aliphatic rings. The molecular formula is C11H18N2O3S. The molecule has 2 unspecified atom stereocenters. The summed E-state index contributed by atoms with van der Waals surface area (Å²) in [6.45, 7) is 1.86. The summed E-state index contributed by atoms with van der Waals surface area (Å²) in [5.74, 6) is -0.658. The Labute approximate surface area is 105 Å². The van der Waals surface area contributed by atoms with Gasteiger partial charge < -0.3 is 15.7 Å². The van der Waals surface area contributed by atoms with Crippen LogP contribution in [0.25, 0.3) is 0 Å². The highest BCUT2D eigenvalue weighted by Crippen LogP contribution is 2.35. The number of carboxylic acid groups (broad SMARTS) is 1. The summed E-state index contributed by atoms with van der Waals surface area (Å²) in [7, 11) is 0. The minimum atomic E-state index is -0.934. The highest BCUT2D eigenvalue weighted by molar-refractivity contribution is 8.00. The highest BCUT2D eigenvalue weighted by Gasteiger charge is 2.47. The number of aliphatic carboxylic acids is 1. The number of hydrogen-bond acceptors (Lipinski definition) is 4. The van der Waals surface area contributed by atoms with Crippen molar-refractivity contribution < 1.29 is 14.7 Å². The molecule has 0 aromatic heterocycles. The van der Waals surface area contributed by atoms with E-state index in [9.17, 15) is 9.59 Å². The Morgan fingerprint density at radius 3 is 2.53 bits per heavy atom.